The number of nitro benzene ring substituents is 2. The van der Waals surface area contributed by atoms with Crippen LogP contribution in [-0.4, -0.2) is 15.8 Å². The molecule has 0 aliphatic rings. The monoisotopic (exact) mass is 378 g/mol. The molecule has 0 radical (unpaired) electrons. The van der Waals surface area contributed by atoms with Gasteiger partial charge in [0.15, 0.2) is 0 Å². The Kier molecular flexibility index (Phi) is 5.12. The van der Waals surface area contributed by atoms with E-state index in [1.165, 1.54) is 6.07 Å². The molecule has 0 N–H and O–H groups in total. The number of carbonyl (C=O) groups is 1. The van der Waals surface area contributed by atoms with Gasteiger partial charge in [-0.1, -0.05) is 43.0 Å². The highest BCUT2D eigenvalue weighted by molar-refractivity contribution is 6.06. The second-order valence-corrected chi connectivity index (χ2v) is 5.82. The van der Waals surface area contributed by atoms with Gasteiger partial charge < -0.3 is 4.74 Å². The fourth-order valence-electron chi connectivity index (χ4n) is 2.96. The minimum atomic E-state index is -0.746. The Hall–Kier alpha value is -4.07. The second kappa shape index (κ2) is 7.67. The third-order valence-electron chi connectivity index (χ3n) is 4.26. The molecule has 3 aromatic carbocycles. The van der Waals surface area contributed by atoms with Crippen LogP contribution in [0.5, 0.6) is 0 Å². The molecule has 0 bridgehead atoms. The van der Waals surface area contributed by atoms with Crippen LogP contribution in [0, 0.1) is 20.2 Å². The van der Waals surface area contributed by atoms with Crippen molar-refractivity contribution in [1.82, 2.24) is 0 Å². The summed E-state index contributed by atoms with van der Waals surface area (Å²) in [5.41, 5.74) is -0.135. The summed E-state index contributed by atoms with van der Waals surface area (Å²) in [6.45, 7) is 3.15. The SMILES string of the molecule is C=Cc1cccc2c(C(=O)OCc3c([N+](=O)[O-])cccc3[N+](=O)[O-])cccc12. The predicted molar refractivity (Wildman–Crippen MR) is 103 cm³/mol. The van der Waals surface area contributed by atoms with Gasteiger partial charge in [0.1, 0.15) is 12.2 Å². The Morgan fingerprint density at radius 2 is 1.50 bits per heavy atom. The zero-order valence-corrected chi connectivity index (χ0v) is 14.5. The van der Waals surface area contributed by atoms with Gasteiger partial charge in [0.05, 0.1) is 15.4 Å². The minimum absolute atomic E-state index is 0.252. The molecule has 0 aliphatic carbocycles. The topological polar surface area (TPSA) is 113 Å². The average Bonchev–Trinajstić information content (AvgIpc) is 2.70. The number of nitro groups is 2. The van der Waals surface area contributed by atoms with E-state index >= 15 is 0 Å². The number of carbonyl (C=O) groups excluding carboxylic acids is 1. The van der Waals surface area contributed by atoms with Crippen molar-refractivity contribution in [3.05, 3.63) is 98.1 Å². The van der Waals surface area contributed by atoms with Crippen molar-refractivity contribution in [2.45, 2.75) is 6.61 Å². The number of nitrogens with zero attached hydrogens (tertiary/aromatic N) is 2. The van der Waals surface area contributed by atoms with Crippen molar-refractivity contribution in [3.8, 4) is 0 Å². The molecule has 0 fully saturated rings. The standard InChI is InChI=1S/C20H14N2O6/c1-2-13-6-3-8-15-14(13)7-4-9-16(15)20(23)28-12-17-18(21(24)25)10-5-11-19(17)22(26)27/h2-11H,1,12H2. The van der Waals surface area contributed by atoms with Gasteiger partial charge in [0.25, 0.3) is 11.4 Å². The second-order valence-electron chi connectivity index (χ2n) is 5.82. The third-order valence-corrected chi connectivity index (χ3v) is 4.26. The molecule has 0 spiro atoms. The lowest BCUT2D eigenvalue weighted by atomic mass is 10.00. The summed E-state index contributed by atoms with van der Waals surface area (Å²) in [6, 6.07) is 13.9. The maximum absolute atomic E-state index is 12.6. The lowest BCUT2D eigenvalue weighted by Gasteiger charge is -2.09. The third kappa shape index (κ3) is 3.43. The largest absolute Gasteiger partial charge is 0.457 e. The molecule has 0 atom stereocenters. The number of fused-ring (bicyclic) bond motifs is 1. The zero-order valence-electron chi connectivity index (χ0n) is 14.5. The number of ether oxygens (including phenoxy) is 1. The summed E-state index contributed by atoms with van der Waals surface area (Å²) in [6.07, 6.45) is 1.66. The molecule has 0 amide bonds. The fraction of sp³-hybridized carbons (Fsp3) is 0.0500. The number of benzene rings is 3. The van der Waals surface area contributed by atoms with Gasteiger partial charge in [-0.15, -0.1) is 0 Å². The first-order chi connectivity index (χ1) is 13.4. The fourth-order valence-corrected chi connectivity index (χ4v) is 2.96. The molecule has 0 unspecified atom stereocenters. The van der Waals surface area contributed by atoms with Crippen molar-refractivity contribution in [2.75, 3.05) is 0 Å². The molecule has 28 heavy (non-hydrogen) atoms. The molecule has 0 saturated heterocycles. The van der Waals surface area contributed by atoms with Gasteiger partial charge in [0, 0.05) is 12.1 Å². The molecule has 3 aromatic rings. The summed E-state index contributed by atoms with van der Waals surface area (Å²) in [5.74, 6) is -0.737. The summed E-state index contributed by atoms with van der Waals surface area (Å²) >= 11 is 0. The van der Waals surface area contributed by atoms with Gasteiger partial charge in [-0.3, -0.25) is 20.2 Å². The Balaban J connectivity index is 1.96. The maximum atomic E-state index is 12.6. The molecule has 0 aliphatic heterocycles. The van der Waals surface area contributed by atoms with Crippen LogP contribution < -0.4 is 0 Å². The van der Waals surface area contributed by atoms with Crippen molar-refractivity contribution in [1.29, 1.82) is 0 Å². The number of esters is 1. The number of hydrogen-bond donors (Lipinski definition) is 0. The first-order valence-corrected chi connectivity index (χ1v) is 8.16. The lowest BCUT2D eigenvalue weighted by molar-refractivity contribution is -0.396. The van der Waals surface area contributed by atoms with Crippen molar-refractivity contribution >= 4 is 34.2 Å². The highest BCUT2D eigenvalue weighted by Gasteiger charge is 2.26. The van der Waals surface area contributed by atoms with E-state index in [9.17, 15) is 25.0 Å². The van der Waals surface area contributed by atoms with Gasteiger partial charge in [0.2, 0.25) is 0 Å². The minimum Gasteiger partial charge on any atom is -0.457 e. The smallest absolute Gasteiger partial charge is 0.339 e. The molecule has 3 rings (SSSR count). The first-order valence-electron chi connectivity index (χ1n) is 8.16. The van der Waals surface area contributed by atoms with Crippen LogP contribution in [0.4, 0.5) is 11.4 Å². The highest BCUT2D eigenvalue weighted by Crippen LogP contribution is 2.30. The van der Waals surface area contributed by atoms with Gasteiger partial charge in [-0.05, 0) is 28.5 Å². The molecular weight excluding hydrogens is 364 g/mol. The number of rotatable bonds is 6. The van der Waals surface area contributed by atoms with Crippen molar-refractivity contribution < 1.29 is 19.4 Å². The van der Waals surface area contributed by atoms with E-state index in [2.05, 4.69) is 6.58 Å². The van der Waals surface area contributed by atoms with E-state index in [1.807, 2.05) is 12.1 Å². The summed E-state index contributed by atoms with van der Waals surface area (Å²) in [4.78, 5) is 33.5. The van der Waals surface area contributed by atoms with Crippen LogP contribution in [-0.2, 0) is 11.3 Å². The van der Waals surface area contributed by atoms with Gasteiger partial charge in [-0.2, -0.15) is 0 Å². The Morgan fingerprint density at radius 1 is 0.929 bits per heavy atom. The van der Waals surface area contributed by atoms with Crippen LogP contribution in [0.25, 0.3) is 16.8 Å². The van der Waals surface area contributed by atoms with Crippen LogP contribution in [0.1, 0.15) is 21.5 Å². The molecule has 0 saturated carbocycles. The van der Waals surface area contributed by atoms with E-state index in [-0.39, 0.29) is 11.1 Å². The summed E-state index contributed by atoms with van der Waals surface area (Å²) in [7, 11) is 0. The zero-order chi connectivity index (χ0) is 20.3. The predicted octanol–water partition coefficient (Wildman–Crippen LogP) is 4.66. The van der Waals surface area contributed by atoms with Gasteiger partial charge >= 0.3 is 5.97 Å². The average molecular weight is 378 g/mol. The molecule has 8 heteroatoms. The van der Waals surface area contributed by atoms with Crippen molar-refractivity contribution in [2.24, 2.45) is 0 Å². The quantitative estimate of drug-likeness (QED) is 0.350. The highest BCUT2D eigenvalue weighted by atomic mass is 16.6. The summed E-state index contributed by atoms with van der Waals surface area (Å²) < 4.78 is 5.20. The normalized spacial score (nSPS) is 10.4. The van der Waals surface area contributed by atoms with E-state index < -0.39 is 33.8 Å². The van der Waals surface area contributed by atoms with E-state index in [4.69, 9.17) is 4.74 Å². The van der Waals surface area contributed by atoms with Crippen LogP contribution in [0.3, 0.4) is 0 Å². The maximum Gasteiger partial charge on any atom is 0.339 e. The first kappa shape index (κ1) is 18.7. The van der Waals surface area contributed by atoms with E-state index in [1.54, 1.807) is 30.3 Å². The van der Waals surface area contributed by atoms with Crippen LogP contribution >= 0.6 is 0 Å². The summed E-state index contributed by atoms with van der Waals surface area (Å²) in [5, 5.41) is 23.8. The van der Waals surface area contributed by atoms with Crippen molar-refractivity contribution in [3.63, 3.8) is 0 Å². The lowest BCUT2D eigenvalue weighted by Crippen LogP contribution is -2.09. The molecule has 0 heterocycles. The van der Waals surface area contributed by atoms with Crippen LogP contribution in [0.2, 0.25) is 0 Å². The van der Waals surface area contributed by atoms with Gasteiger partial charge in [-0.25, -0.2) is 4.79 Å². The van der Waals surface area contributed by atoms with E-state index in [0.717, 1.165) is 23.1 Å². The van der Waals surface area contributed by atoms with E-state index in [0.29, 0.717) is 5.39 Å². The Morgan fingerprint density at radius 3 is 2.11 bits per heavy atom. The Bertz CT molecular complexity index is 1090. The van der Waals surface area contributed by atoms with Crippen LogP contribution in [0.15, 0.2) is 61.2 Å². The molecule has 0 aromatic heterocycles. The molecule has 8 nitrogen and oxygen atoms in total. The molecular formula is C20H14N2O6. The Labute approximate surface area is 159 Å². The molecule has 140 valence electrons. The number of hydrogen-bond acceptors (Lipinski definition) is 6.